The Morgan fingerprint density at radius 3 is 2.30 bits per heavy atom. The molecule has 2 heterocycles. The van der Waals surface area contributed by atoms with Gasteiger partial charge in [0.05, 0.1) is 18.9 Å². The fourth-order valence-electron chi connectivity index (χ4n) is 2.83. The normalized spacial score (nSPS) is 23.6. The average Bonchev–Trinajstić information content (AvgIpc) is 3.04. The summed E-state index contributed by atoms with van der Waals surface area (Å²) in [6, 6.07) is 0. The number of H-pyrrole nitrogens is 1. The first-order valence-electron chi connectivity index (χ1n) is 9.78. The van der Waals surface area contributed by atoms with E-state index < -0.39 is 73.5 Å². The van der Waals surface area contributed by atoms with Gasteiger partial charge in [-0.2, -0.15) is 8.62 Å². The van der Waals surface area contributed by atoms with Gasteiger partial charge >= 0.3 is 36.8 Å². The van der Waals surface area contributed by atoms with Gasteiger partial charge in [0.2, 0.25) is 0 Å². The van der Waals surface area contributed by atoms with Crippen LogP contribution in [0.4, 0.5) is 0 Å². The number of phosphoric ester groups is 1. The quantitative estimate of drug-likeness (QED) is 0.0828. The van der Waals surface area contributed by atoms with Crippen LogP contribution in [0.3, 0.4) is 0 Å². The molecule has 0 spiro atoms. The van der Waals surface area contributed by atoms with E-state index in [1.807, 2.05) is 4.98 Å². The second kappa shape index (κ2) is 12.3. The number of rotatable bonds is 11. The minimum Gasteiger partial charge on any atom is -0.390 e. The topological polar surface area (TPSA) is 302 Å². The Morgan fingerprint density at radius 2 is 1.70 bits per heavy atom. The lowest BCUT2D eigenvalue weighted by atomic mass is 10.2. The van der Waals surface area contributed by atoms with E-state index in [1.165, 1.54) is 0 Å². The summed E-state index contributed by atoms with van der Waals surface area (Å²) in [5.74, 6) is 4.97. The van der Waals surface area contributed by atoms with Gasteiger partial charge < -0.3 is 39.2 Å². The second-order valence-corrected chi connectivity index (χ2v) is 13.5. The third-order valence-electron chi connectivity index (χ3n) is 4.27. The Balaban J connectivity index is 2.07. The summed E-state index contributed by atoms with van der Waals surface area (Å²) in [7, 11) is -21.0. The monoisotopic (exact) mass is 614 g/mol. The predicted octanol–water partition coefficient (Wildman–Crippen LogP) is -1.16. The number of aliphatic hydroxyl groups excluding tert-OH is 1. The van der Waals surface area contributed by atoms with Crippen molar-refractivity contribution in [3.8, 4) is 11.8 Å². The summed E-state index contributed by atoms with van der Waals surface area (Å²) >= 11 is 0. The molecule has 0 radical (unpaired) electrons. The molecule has 19 nitrogen and oxygen atoms in total. The molecule has 0 amide bonds. The van der Waals surface area contributed by atoms with Crippen molar-refractivity contribution in [3.63, 3.8) is 0 Å². The molecule has 8 N–H and O–H groups in total. The first-order chi connectivity index (χ1) is 16.8. The first kappa shape index (κ1) is 31.9. The summed E-state index contributed by atoms with van der Waals surface area (Å²) in [5, 5.41) is 10.2. The zero-order chi connectivity index (χ0) is 28.2. The Bertz CT molecular complexity index is 1350. The minimum atomic E-state index is -5.75. The Labute approximate surface area is 206 Å². The molecular weight excluding hydrogens is 592 g/mol. The van der Waals surface area contributed by atoms with Gasteiger partial charge in [-0.25, -0.2) is 18.5 Å². The Morgan fingerprint density at radius 1 is 1.05 bits per heavy atom. The summed E-state index contributed by atoms with van der Waals surface area (Å²) < 4.78 is 62.4. The van der Waals surface area contributed by atoms with E-state index in [2.05, 4.69) is 25.0 Å². The van der Waals surface area contributed by atoms with Gasteiger partial charge in [-0.3, -0.25) is 23.4 Å². The van der Waals surface area contributed by atoms with Gasteiger partial charge in [-0.05, 0) is 6.42 Å². The highest BCUT2D eigenvalue weighted by Crippen LogP contribution is 2.66. The van der Waals surface area contributed by atoms with Gasteiger partial charge in [0.15, 0.2) is 0 Å². The summed E-state index contributed by atoms with van der Waals surface area (Å²) in [5.41, 5.74) is -2.06. The standard InChI is InChI=1S/C14H22N2O17P4/c17-10-6-12(31-11(10)8-30-36(26,27)33-37(28,29)32-35(23,24)25)16-7-9(13(18)15-14(16)19)4-2-1-3-5-34(20,21)22/h7,10-12,17H,1,3,5-6,8H2,(H,26,27)(H,28,29)(H,15,18,19)(H2,20,21,22)(H2,23,24,25). The van der Waals surface area contributed by atoms with Crippen molar-refractivity contribution in [2.45, 2.75) is 37.7 Å². The van der Waals surface area contributed by atoms with E-state index in [4.69, 9.17) is 29.2 Å². The molecule has 1 aromatic heterocycles. The number of ether oxygens (including phenoxy) is 1. The van der Waals surface area contributed by atoms with Gasteiger partial charge in [0, 0.05) is 19.0 Å². The van der Waals surface area contributed by atoms with Crippen molar-refractivity contribution >= 4 is 31.1 Å². The van der Waals surface area contributed by atoms with E-state index >= 15 is 0 Å². The van der Waals surface area contributed by atoms with Crippen molar-refractivity contribution in [2.75, 3.05) is 12.8 Å². The lowest BCUT2D eigenvalue weighted by Crippen LogP contribution is -2.33. The van der Waals surface area contributed by atoms with Crippen LogP contribution in [0.5, 0.6) is 0 Å². The van der Waals surface area contributed by atoms with Crippen LogP contribution in [0.1, 0.15) is 31.1 Å². The molecule has 1 aliphatic rings. The van der Waals surface area contributed by atoms with E-state index in [9.17, 15) is 37.8 Å². The van der Waals surface area contributed by atoms with Gasteiger partial charge in [0.1, 0.15) is 17.9 Å². The lowest BCUT2D eigenvalue weighted by Gasteiger charge is -2.19. The van der Waals surface area contributed by atoms with E-state index in [1.54, 1.807) is 0 Å². The fraction of sp³-hybridized carbons (Fsp3) is 0.571. The van der Waals surface area contributed by atoms with Crippen molar-refractivity contribution in [1.82, 2.24) is 9.55 Å². The number of nitrogens with zero attached hydrogens (tertiary/aromatic N) is 1. The molecule has 1 aromatic rings. The van der Waals surface area contributed by atoms with Crippen molar-refractivity contribution < 1.29 is 70.6 Å². The molecule has 23 heteroatoms. The maximum absolute atomic E-state index is 12.2. The van der Waals surface area contributed by atoms with Gasteiger partial charge in [-0.1, -0.05) is 11.8 Å². The molecule has 1 fully saturated rings. The molecule has 1 aliphatic heterocycles. The van der Waals surface area contributed by atoms with Crippen molar-refractivity contribution in [2.24, 2.45) is 0 Å². The summed E-state index contributed by atoms with van der Waals surface area (Å²) in [6.07, 6.45) is -3.73. The van der Waals surface area contributed by atoms with E-state index in [0.29, 0.717) is 0 Å². The minimum absolute atomic E-state index is 0.0327. The number of phosphoric acid groups is 3. The van der Waals surface area contributed by atoms with E-state index in [0.717, 1.165) is 10.8 Å². The first-order valence-corrected chi connectivity index (χ1v) is 16.1. The lowest BCUT2D eigenvalue weighted by molar-refractivity contribution is -0.0450. The van der Waals surface area contributed by atoms with Gasteiger partial charge in [-0.15, -0.1) is 0 Å². The average molecular weight is 614 g/mol. The third-order valence-corrected chi connectivity index (χ3v) is 8.98. The summed E-state index contributed by atoms with van der Waals surface area (Å²) in [6.45, 7) is -0.967. The number of aromatic amines is 1. The number of nitrogens with one attached hydrogen (secondary N) is 1. The third kappa shape index (κ3) is 11.2. The molecular formula is C14H22N2O17P4. The summed E-state index contributed by atoms with van der Waals surface area (Å²) in [4.78, 5) is 79.5. The molecule has 0 bridgehead atoms. The predicted molar refractivity (Wildman–Crippen MR) is 119 cm³/mol. The molecule has 210 valence electrons. The second-order valence-electron chi connectivity index (χ2n) is 7.32. The maximum Gasteiger partial charge on any atom is 0.490 e. The number of hydrogen-bond donors (Lipinski definition) is 8. The molecule has 2 rings (SSSR count). The fourth-order valence-corrected chi connectivity index (χ4v) is 6.43. The van der Waals surface area contributed by atoms with Crippen LogP contribution in [-0.4, -0.2) is 69.0 Å². The molecule has 0 aliphatic carbocycles. The van der Waals surface area contributed by atoms with E-state index in [-0.39, 0.29) is 24.8 Å². The Kier molecular flexibility index (Phi) is 10.6. The number of hydrogen-bond acceptors (Lipinski definition) is 11. The zero-order valence-electron chi connectivity index (χ0n) is 18.3. The molecule has 1 saturated heterocycles. The highest BCUT2D eigenvalue weighted by molar-refractivity contribution is 7.66. The highest BCUT2D eigenvalue weighted by atomic mass is 31.3. The van der Waals surface area contributed by atoms with Crippen LogP contribution < -0.4 is 11.2 Å². The zero-order valence-corrected chi connectivity index (χ0v) is 21.9. The van der Waals surface area contributed by atoms with Crippen LogP contribution >= 0.6 is 31.1 Å². The molecule has 37 heavy (non-hydrogen) atoms. The van der Waals surface area contributed by atoms with Crippen LogP contribution in [0, 0.1) is 11.8 Å². The van der Waals surface area contributed by atoms with Crippen LogP contribution in [-0.2, 0) is 36.1 Å². The van der Waals surface area contributed by atoms with Crippen molar-refractivity contribution in [3.05, 3.63) is 32.6 Å². The van der Waals surface area contributed by atoms with Crippen LogP contribution in [0.2, 0.25) is 0 Å². The molecule has 0 saturated carbocycles. The number of unbranched alkanes of at least 4 members (excludes halogenated alkanes) is 1. The number of aliphatic hydroxyl groups is 1. The maximum atomic E-state index is 12.2. The smallest absolute Gasteiger partial charge is 0.390 e. The van der Waals surface area contributed by atoms with Gasteiger partial charge in [0.25, 0.3) is 5.56 Å². The van der Waals surface area contributed by atoms with Crippen LogP contribution in [0.15, 0.2) is 15.8 Å². The van der Waals surface area contributed by atoms with Crippen LogP contribution in [0.25, 0.3) is 0 Å². The molecule has 0 aromatic carbocycles. The molecule has 5 unspecified atom stereocenters. The van der Waals surface area contributed by atoms with Crippen molar-refractivity contribution in [1.29, 1.82) is 0 Å². The Hall–Kier alpha value is -1.28. The SMILES string of the molecule is O=c1[nH]c(=O)n(C2CC(O)C(COP(=O)(O)OP(=O)(O)OP(=O)(O)O)O2)cc1C#CCCCP(=O)(O)O. The number of aromatic nitrogens is 2. The largest absolute Gasteiger partial charge is 0.490 e. The molecule has 5 atom stereocenters. The highest BCUT2D eigenvalue weighted by Gasteiger charge is 2.43.